The summed E-state index contributed by atoms with van der Waals surface area (Å²) < 4.78 is 45.5. The molecule has 0 aliphatic heterocycles. The van der Waals surface area contributed by atoms with Crippen LogP contribution < -0.4 is 15.4 Å². The number of alkyl halides is 3. The minimum Gasteiger partial charge on any atom is -0.497 e. The number of ether oxygens (including phenoxy) is 1. The highest BCUT2D eigenvalue weighted by molar-refractivity contribution is 5.97. The summed E-state index contributed by atoms with van der Waals surface area (Å²) in [6.45, 7) is 2.15. The Labute approximate surface area is 293 Å². The van der Waals surface area contributed by atoms with Gasteiger partial charge >= 0.3 is 12.1 Å². The summed E-state index contributed by atoms with van der Waals surface area (Å²) in [7, 11) is 1.25. The average Bonchev–Trinajstić information content (AvgIpc) is 3.11. The summed E-state index contributed by atoms with van der Waals surface area (Å²) in [4.78, 5) is 38.8. The molecule has 0 aliphatic carbocycles. The second-order valence-electron chi connectivity index (χ2n) is 12.0. The number of amides is 2. The number of methoxy groups -OCH3 is 1. The van der Waals surface area contributed by atoms with Crippen molar-refractivity contribution in [2.45, 2.75) is 32.6 Å². The number of hydrogen-bond acceptors (Lipinski definition) is 5. The Morgan fingerprint density at radius 1 is 0.765 bits per heavy atom. The fraction of sp³-hybridized carbons (Fsp3) is 0.175. The van der Waals surface area contributed by atoms with Gasteiger partial charge in [0.2, 0.25) is 5.91 Å². The molecule has 8 nitrogen and oxygen atoms in total. The molecule has 5 rings (SSSR count). The smallest absolute Gasteiger partial charge is 0.416 e. The predicted octanol–water partition coefficient (Wildman–Crippen LogP) is 8.21. The summed E-state index contributed by atoms with van der Waals surface area (Å²) in [6.07, 6.45) is -5.22. The number of carbonyl (C=O) groups is 3. The van der Waals surface area contributed by atoms with Gasteiger partial charge in [0.25, 0.3) is 5.91 Å². The summed E-state index contributed by atoms with van der Waals surface area (Å²) in [5, 5.41) is 15.4. The van der Waals surface area contributed by atoms with Crippen LogP contribution in [0.4, 0.5) is 24.5 Å². The van der Waals surface area contributed by atoms with Crippen LogP contribution in [0.25, 0.3) is 11.1 Å². The molecular weight excluding hydrogens is 659 g/mol. The van der Waals surface area contributed by atoms with Crippen LogP contribution in [0.3, 0.4) is 0 Å². The topological polar surface area (TPSA) is 108 Å². The highest BCUT2D eigenvalue weighted by Gasteiger charge is 2.34. The Hall–Kier alpha value is -6.10. The first-order chi connectivity index (χ1) is 24.4. The van der Waals surface area contributed by atoms with Gasteiger partial charge in [0.15, 0.2) is 0 Å². The Morgan fingerprint density at radius 3 is 1.94 bits per heavy atom. The molecule has 0 aliphatic rings. The molecule has 5 aromatic carbocycles. The second kappa shape index (κ2) is 16.1. The van der Waals surface area contributed by atoms with Crippen LogP contribution in [0, 0.1) is 6.92 Å². The maximum Gasteiger partial charge on any atom is 0.416 e. The fourth-order valence-corrected chi connectivity index (χ4v) is 5.43. The first kappa shape index (κ1) is 36.2. The fourth-order valence-electron chi connectivity index (χ4n) is 5.43. The number of nitrogens with one attached hydrogen (secondary N) is 2. The third kappa shape index (κ3) is 9.98. The number of hydrogen-bond donors (Lipinski definition) is 3. The lowest BCUT2D eigenvalue weighted by molar-refractivity contribution is -0.139. The molecule has 0 atom stereocenters. The van der Waals surface area contributed by atoms with Crippen molar-refractivity contribution in [2.24, 2.45) is 0 Å². The lowest BCUT2D eigenvalue weighted by Crippen LogP contribution is -2.35. The highest BCUT2D eigenvalue weighted by Crippen LogP contribution is 2.35. The number of benzene rings is 5. The average molecular weight is 696 g/mol. The van der Waals surface area contributed by atoms with Crippen molar-refractivity contribution < 1.29 is 37.4 Å². The number of carboxylic acids is 1. The predicted molar refractivity (Wildman–Crippen MR) is 190 cm³/mol. The zero-order valence-electron chi connectivity index (χ0n) is 28.0. The monoisotopic (exact) mass is 695 g/mol. The van der Waals surface area contributed by atoms with Gasteiger partial charge in [0.1, 0.15) is 12.3 Å². The van der Waals surface area contributed by atoms with E-state index >= 15 is 0 Å². The molecule has 0 fully saturated rings. The van der Waals surface area contributed by atoms with Crippen molar-refractivity contribution >= 4 is 29.2 Å². The quantitative estimate of drug-likeness (QED) is 0.115. The Morgan fingerprint density at radius 2 is 1.35 bits per heavy atom. The maximum absolute atomic E-state index is 13.5. The largest absolute Gasteiger partial charge is 0.497 e. The molecule has 2 amide bonds. The van der Waals surface area contributed by atoms with Crippen LogP contribution >= 0.6 is 0 Å². The molecule has 0 unspecified atom stereocenters. The molecular formula is C40H36F3N3O5. The van der Waals surface area contributed by atoms with Crippen LogP contribution in [0.1, 0.15) is 38.2 Å². The minimum absolute atomic E-state index is 0.0182. The van der Waals surface area contributed by atoms with Crippen LogP contribution in [0.5, 0.6) is 5.75 Å². The third-order valence-corrected chi connectivity index (χ3v) is 8.17. The van der Waals surface area contributed by atoms with E-state index in [-0.39, 0.29) is 29.1 Å². The summed E-state index contributed by atoms with van der Waals surface area (Å²) in [6, 6.07) is 33.1. The van der Waals surface area contributed by atoms with Crippen molar-refractivity contribution in [2.75, 3.05) is 24.3 Å². The summed E-state index contributed by atoms with van der Waals surface area (Å²) >= 11 is 0. The van der Waals surface area contributed by atoms with E-state index in [9.17, 15) is 32.7 Å². The van der Waals surface area contributed by atoms with Crippen LogP contribution in [-0.2, 0) is 35.3 Å². The van der Waals surface area contributed by atoms with Crippen molar-refractivity contribution in [3.63, 3.8) is 0 Å². The van der Waals surface area contributed by atoms with E-state index in [1.165, 1.54) is 54.0 Å². The number of nitrogens with zero attached hydrogens (tertiary/aromatic N) is 1. The number of carbonyl (C=O) groups excluding carboxylic acids is 2. The number of rotatable bonds is 13. The van der Waals surface area contributed by atoms with Crippen LogP contribution in [0.2, 0.25) is 0 Å². The molecule has 0 saturated heterocycles. The normalized spacial score (nSPS) is 11.1. The van der Waals surface area contributed by atoms with E-state index in [4.69, 9.17) is 4.74 Å². The molecule has 262 valence electrons. The zero-order chi connectivity index (χ0) is 36.5. The van der Waals surface area contributed by atoms with Gasteiger partial charge in [-0.2, -0.15) is 13.2 Å². The van der Waals surface area contributed by atoms with Gasteiger partial charge in [-0.05, 0) is 83.3 Å². The van der Waals surface area contributed by atoms with E-state index < -0.39 is 42.5 Å². The molecule has 0 saturated carbocycles. The van der Waals surface area contributed by atoms with E-state index in [1.54, 1.807) is 0 Å². The Balaban J connectivity index is 1.17. The van der Waals surface area contributed by atoms with Crippen molar-refractivity contribution in [1.82, 2.24) is 4.90 Å². The molecule has 11 heteroatoms. The second-order valence-corrected chi connectivity index (χ2v) is 12.0. The van der Waals surface area contributed by atoms with E-state index in [0.717, 1.165) is 34.0 Å². The molecule has 0 aromatic heterocycles. The SMILES string of the molecule is COc1ccc(CC(=O)Nc2ccc(C(=O)N(CC(=O)O)Cc3ccc(NCc4ccc(-c5ccc(C)cc5)cc4)cc3)cc2)c(C(F)(F)F)c1. The molecule has 5 aromatic rings. The first-order valence-corrected chi connectivity index (χ1v) is 16.0. The Bertz CT molecular complexity index is 1980. The molecule has 51 heavy (non-hydrogen) atoms. The number of halogens is 3. The molecule has 0 heterocycles. The number of carboxylic acid groups (broad SMARTS) is 1. The van der Waals surface area contributed by atoms with E-state index in [2.05, 4.69) is 66.1 Å². The molecule has 0 radical (unpaired) electrons. The van der Waals surface area contributed by atoms with Gasteiger partial charge in [-0.1, -0.05) is 72.3 Å². The number of aryl methyl sites for hydroxylation is 1. The van der Waals surface area contributed by atoms with Gasteiger partial charge in [-0.3, -0.25) is 14.4 Å². The standard InChI is InChI=1S/C40H36F3N3O5/c1-26-3-9-29(10-4-26)30-11-5-27(6-12-30)23-44-33-16-7-28(8-17-33)24-46(25-38(48)49)39(50)31-13-18-34(19-14-31)45-37(47)21-32-15-20-35(51-2)22-36(32)40(41,42)43/h3-20,22,44H,21,23-25H2,1-2H3,(H,45,47)(H,48,49). The molecule has 3 N–H and O–H groups in total. The number of aliphatic carboxylic acids is 1. The summed E-state index contributed by atoms with van der Waals surface area (Å²) in [5.74, 6) is -2.40. The van der Waals surface area contributed by atoms with Crippen LogP contribution in [-0.4, -0.2) is 41.4 Å². The first-order valence-electron chi connectivity index (χ1n) is 16.0. The lowest BCUT2D eigenvalue weighted by Gasteiger charge is -2.21. The van der Waals surface area contributed by atoms with Crippen molar-refractivity contribution in [3.05, 3.63) is 149 Å². The van der Waals surface area contributed by atoms with Crippen LogP contribution in [0.15, 0.2) is 115 Å². The van der Waals surface area contributed by atoms with Gasteiger partial charge in [-0.25, -0.2) is 0 Å². The molecule has 0 bridgehead atoms. The lowest BCUT2D eigenvalue weighted by atomic mass is 10.0. The maximum atomic E-state index is 13.5. The molecule has 0 spiro atoms. The Kier molecular flexibility index (Phi) is 11.4. The van der Waals surface area contributed by atoms with Gasteiger partial charge in [-0.15, -0.1) is 0 Å². The van der Waals surface area contributed by atoms with Gasteiger partial charge in [0.05, 0.1) is 19.1 Å². The summed E-state index contributed by atoms with van der Waals surface area (Å²) in [5.41, 5.74) is 5.43. The third-order valence-electron chi connectivity index (χ3n) is 8.17. The van der Waals surface area contributed by atoms with Crippen molar-refractivity contribution in [3.8, 4) is 16.9 Å². The van der Waals surface area contributed by atoms with Crippen molar-refractivity contribution in [1.29, 1.82) is 0 Å². The van der Waals surface area contributed by atoms with Gasteiger partial charge in [0, 0.05) is 30.0 Å². The van der Waals surface area contributed by atoms with Gasteiger partial charge < -0.3 is 25.4 Å². The van der Waals surface area contributed by atoms with E-state index in [0.29, 0.717) is 6.54 Å². The number of anilines is 2. The highest BCUT2D eigenvalue weighted by atomic mass is 19.4. The zero-order valence-corrected chi connectivity index (χ0v) is 28.0. The minimum atomic E-state index is -4.68. The van der Waals surface area contributed by atoms with E-state index in [1.807, 2.05) is 24.3 Å².